The number of hydrogen-bond acceptors (Lipinski definition) is 6. The van der Waals surface area contributed by atoms with E-state index in [1.807, 2.05) is 12.1 Å². The second kappa shape index (κ2) is 8.60. The lowest BCUT2D eigenvalue weighted by atomic mass is 10.1. The lowest BCUT2D eigenvalue weighted by molar-refractivity contribution is -0.153. The number of esters is 1. The molecule has 3 aromatic rings. The molecule has 2 aromatic carbocycles. The Morgan fingerprint density at radius 3 is 2.44 bits per heavy atom. The van der Waals surface area contributed by atoms with Gasteiger partial charge < -0.3 is 18.7 Å². The fraction of sp³-hybridized carbons (Fsp3) is 0.200. The molecule has 0 spiro atoms. The maximum Gasteiger partial charge on any atom is 0.347 e. The van der Waals surface area contributed by atoms with E-state index >= 15 is 0 Å². The number of ether oxygens (including phenoxy) is 3. The van der Waals surface area contributed by atoms with Crippen LogP contribution in [-0.2, 0) is 16.1 Å². The van der Waals surface area contributed by atoms with Crippen LogP contribution in [0.2, 0.25) is 5.02 Å². The Labute approximate surface area is 161 Å². The molecule has 1 unspecified atom stereocenters. The van der Waals surface area contributed by atoms with Gasteiger partial charge in [0.2, 0.25) is 0 Å². The van der Waals surface area contributed by atoms with Crippen LogP contribution < -0.4 is 9.47 Å². The predicted octanol–water partition coefficient (Wildman–Crippen LogP) is 4.51. The van der Waals surface area contributed by atoms with E-state index in [0.29, 0.717) is 28.0 Å². The molecule has 0 aliphatic rings. The largest absolute Gasteiger partial charge is 0.497 e. The number of methoxy groups -OCH3 is 1. The SMILES string of the molecule is COc1ccc(OC(C)C(=O)OCc2cc(-c3ccc(Cl)cc3)no2)cc1. The highest BCUT2D eigenvalue weighted by molar-refractivity contribution is 6.30. The van der Waals surface area contributed by atoms with Crippen LogP contribution in [0.4, 0.5) is 0 Å². The number of aromatic nitrogens is 1. The summed E-state index contributed by atoms with van der Waals surface area (Å²) in [5.74, 6) is 1.18. The number of carbonyl (C=O) groups excluding carboxylic acids is 1. The van der Waals surface area contributed by atoms with Crippen molar-refractivity contribution in [2.75, 3.05) is 7.11 Å². The van der Waals surface area contributed by atoms with Crippen LogP contribution in [0.5, 0.6) is 11.5 Å². The van der Waals surface area contributed by atoms with E-state index in [1.165, 1.54) is 0 Å². The van der Waals surface area contributed by atoms with Crippen molar-refractivity contribution in [3.05, 3.63) is 65.4 Å². The number of halogens is 1. The maximum atomic E-state index is 12.1. The molecule has 0 saturated heterocycles. The van der Waals surface area contributed by atoms with Crippen molar-refractivity contribution in [3.63, 3.8) is 0 Å². The second-order valence-electron chi connectivity index (χ2n) is 5.73. The molecule has 0 N–H and O–H groups in total. The first-order chi connectivity index (χ1) is 13.0. The van der Waals surface area contributed by atoms with Crippen molar-refractivity contribution in [2.24, 2.45) is 0 Å². The monoisotopic (exact) mass is 387 g/mol. The smallest absolute Gasteiger partial charge is 0.347 e. The molecule has 0 radical (unpaired) electrons. The van der Waals surface area contributed by atoms with Gasteiger partial charge in [-0.3, -0.25) is 0 Å². The van der Waals surface area contributed by atoms with Gasteiger partial charge in [-0.15, -0.1) is 0 Å². The van der Waals surface area contributed by atoms with E-state index < -0.39 is 12.1 Å². The van der Waals surface area contributed by atoms with E-state index in [-0.39, 0.29) is 6.61 Å². The van der Waals surface area contributed by atoms with Crippen LogP contribution in [0.3, 0.4) is 0 Å². The van der Waals surface area contributed by atoms with Crippen LogP contribution >= 0.6 is 11.6 Å². The van der Waals surface area contributed by atoms with Gasteiger partial charge in [-0.1, -0.05) is 28.9 Å². The number of benzene rings is 2. The van der Waals surface area contributed by atoms with E-state index in [1.54, 1.807) is 56.5 Å². The van der Waals surface area contributed by atoms with E-state index in [9.17, 15) is 4.79 Å². The van der Waals surface area contributed by atoms with E-state index in [4.69, 9.17) is 30.3 Å². The van der Waals surface area contributed by atoms with Crippen LogP contribution in [0.1, 0.15) is 12.7 Å². The summed E-state index contributed by atoms with van der Waals surface area (Å²) < 4.78 is 21.1. The Kier molecular flexibility index (Phi) is 5.98. The standard InChI is InChI=1S/C20H18ClNO5/c1-13(26-17-9-7-16(24-2)8-10-17)20(23)25-12-18-11-19(22-27-18)14-3-5-15(21)6-4-14/h3-11,13H,12H2,1-2H3. The van der Waals surface area contributed by atoms with Crippen molar-refractivity contribution in [1.29, 1.82) is 0 Å². The third-order valence-electron chi connectivity index (χ3n) is 3.76. The van der Waals surface area contributed by atoms with Gasteiger partial charge in [-0.2, -0.15) is 0 Å². The van der Waals surface area contributed by atoms with Crippen LogP contribution in [0.15, 0.2) is 59.1 Å². The Bertz CT molecular complexity index is 889. The molecular weight excluding hydrogens is 370 g/mol. The van der Waals surface area contributed by atoms with E-state index in [2.05, 4.69) is 5.16 Å². The minimum Gasteiger partial charge on any atom is -0.497 e. The quantitative estimate of drug-likeness (QED) is 0.555. The Morgan fingerprint density at radius 2 is 1.78 bits per heavy atom. The third kappa shape index (κ3) is 5.01. The summed E-state index contributed by atoms with van der Waals surface area (Å²) in [5.41, 5.74) is 1.50. The van der Waals surface area contributed by atoms with Crippen LogP contribution in [0.25, 0.3) is 11.3 Å². The second-order valence-corrected chi connectivity index (χ2v) is 6.17. The molecule has 140 valence electrons. The third-order valence-corrected chi connectivity index (χ3v) is 4.01. The molecule has 6 nitrogen and oxygen atoms in total. The molecule has 0 fully saturated rings. The first kappa shape index (κ1) is 18.8. The summed E-state index contributed by atoms with van der Waals surface area (Å²) in [6.45, 7) is 1.59. The molecule has 7 heteroatoms. The average Bonchev–Trinajstić information content (AvgIpc) is 3.16. The minimum absolute atomic E-state index is 0.0320. The number of hydrogen-bond donors (Lipinski definition) is 0. The van der Waals surface area contributed by atoms with Gasteiger partial charge in [0.1, 0.15) is 17.2 Å². The molecule has 0 bridgehead atoms. The molecule has 1 atom stereocenters. The van der Waals surface area contributed by atoms with Gasteiger partial charge in [0.25, 0.3) is 0 Å². The zero-order chi connectivity index (χ0) is 19.2. The zero-order valence-corrected chi connectivity index (χ0v) is 15.6. The van der Waals surface area contributed by atoms with Gasteiger partial charge in [-0.05, 0) is 43.3 Å². The summed E-state index contributed by atoms with van der Waals surface area (Å²) in [7, 11) is 1.58. The van der Waals surface area contributed by atoms with Crippen molar-refractivity contribution in [1.82, 2.24) is 5.16 Å². The van der Waals surface area contributed by atoms with Gasteiger partial charge in [0, 0.05) is 16.7 Å². The molecule has 1 aromatic heterocycles. The van der Waals surface area contributed by atoms with Crippen LogP contribution in [0, 0.1) is 0 Å². The van der Waals surface area contributed by atoms with Crippen molar-refractivity contribution >= 4 is 17.6 Å². The van der Waals surface area contributed by atoms with Gasteiger partial charge in [-0.25, -0.2) is 4.79 Å². The lowest BCUT2D eigenvalue weighted by Crippen LogP contribution is -2.25. The fourth-order valence-electron chi connectivity index (χ4n) is 2.30. The molecule has 0 saturated carbocycles. The Balaban J connectivity index is 1.53. The van der Waals surface area contributed by atoms with Crippen molar-refractivity contribution in [2.45, 2.75) is 19.6 Å². The van der Waals surface area contributed by atoms with Gasteiger partial charge in [0.05, 0.1) is 7.11 Å². The average molecular weight is 388 g/mol. The summed E-state index contributed by atoms with van der Waals surface area (Å²) in [6, 6.07) is 15.9. The van der Waals surface area contributed by atoms with E-state index in [0.717, 1.165) is 5.56 Å². The number of rotatable bonds is 7. The summed E-state index contributed by atoms with van der Waals surface area (Å²) in [5, 5.41) is 4.61. The Hall–Kier alpha value is -2.99. The Morgan fingerprint density at radius 1 is 1.11 bits per heavy atom. The van der Waals surface area contributed by atoms with Gasteiger partial charge in [0.15, 0.2) is 18.5 Å². The van der Waals surface area contributed by atoms with Crippen molar-refractivity contribution in [3.8, 4) is 22.8 Å². The number of carbonyl (C=O) groups is 1. The minimum atomic E-state index is -0.767. The molecule has 1 heterocycles. The first-order valence-corrected chi connectivity index (χ1v) is 8.62. The summed E-state index contributed by atoms with van der Waals surface area (Å²) in [6.07, 6.45) is -0.767. The predicted molar refractivity (Wildman–Crippen MR) is 99.8 cm³/mol. The van der Waals surface area contributed by atoms with Crippen molar-refractivity contribution < 1.29 is 23.5 Å². The highest BCUT2D eigenvalue weighted by Gasteiger charge is 2.18. The molecule has 0 aliphatic heterocycles. The fourth-order valence-corrected chi connectivity index (χ4v) is 2.43. The molecule has 27 heavy (non-hydrogen) atoms. The molecule has 0 aliphatic carbocycles. The maximum absolute atomic E-state index is 12.1. The van der Waals surface area contributed by atoms with Gasteiger partial charge >= 0.3 is 5.97 Å². The number of nitrogens with zero attached hydrogens (tertiary/aromatic N) is 1. The topological polar surface area (TPSA) is 70.8 Å². The summed E-state index contributed by atoms with van der Waals surface area (Å²) in [4.78, 5) is 12.1. The zero-order valence-electron chi connectivity index (χ0n) is 14.8. The highest BCUT2D eigenvalue weighted by atomic mass is 35.5. The summed E-state index contributed by atoms with van der Waals surface area (Å²) >= 11 is 5.87. The molecule has 0 amide bonds. The normalized spacial score (nSPS) is 11.7. The highest BCUT2D eigenvalue weighted by Crippen LogP contribution is 2.22. The first-order valence-electron chi connectivity index (χ1n) is 8.24. The molecular formula is C20H18ClNO5. The molecule has 3 rings (SSSR count). The van der Waals surface area contributed by atoms with Crippen LogP contribution in [-0.4, -0.2) is 24.3 Å². The lowest BCUT2D eigenvalue weighted by Gasteiger charge is -2.13.